The number of carbonyl (C=O) groups excluding carboxylic acids is 1. The van der Waals surface area contributed by atoms with Crippen LogP contribution in [0.4, 0.5) is 5.69 Å². The Balaban J connectivity index is 1.88. The van der Waals surface area contributed by atoms with Crippen molar-refractivity contribution < 1.29 is 4.79 Å². The Morgan fingerprint density at radius 1 is 1.17 bits per heavy atom. The smallest absolute Gasteiger partial charge is 0.247 e. The highest BCUT2D eigenvalue weighted by molar-refractivity contribution is 6.01. The molecule has 1 N–H and O–H groups in total. The maximum Gasteiger partial charge on any atom is 0.247 e. The second kappa shape index (κ2) is 4.39. The zero-order valence-corrected chi connectivity index (χ0v) is 10.9. The summed E-state index contributed by atoms with van der Waals surface area (Å²) in [4.78, 5) is 14.7. The van der Waals surface area contributed by atoms with Crippen LogP contribution < -0.4 is 10.2 Å². The number of benzene rings is 1. The van der Waals surface area contributed by atoms with Crippen molar-refractivity contribution >= 4 is 11.6 Å². The number of anilines is 1. The molecule has 2 fully saturated rings. The van der Waals surface area contributed by atoms with E-state index in [0.717, 1.165) is 44.5 Å². The molecule has 0 bridgehead atoms. The van der Waals surface area contributed by atoms with Gasteiger partial charge in [0.05, 0.1) is 5.54 Å². The predicted molar refractivity (Wildman–Crippen MR) is 72.7 cm³/mol. The number of rotatable bonds is 1. The van der Waals surface area contributed by atoms with Crippen LogP contribution in [0.5, 0.6) is 0 Å². The van der Waals surface area contributed by atoms with Gasteiger partial charge in [0, 0.05) is 12.2 Å². The van der Waals surface area contributed by atoms with Crippen LogP contribution in [0.1, 0.15) is 31.2 Å². The number of nitrogens with zero attached hydrogens (tertiary/aromatic N) is 1. The molecule has 2 aliphatic heterocycles. The molecule has 2 aliphatic rings. The molecule has 1 amide bonds. The Labute approximate surface area is 108 Å². The van der Waals surface area contributed by atoms with E-state index in [2.05, 4.69) is 36.5 Å². The molecule has 96 valence electrons. The van der Waals surface area contributed by atoms with Crippen LogP contribution in [-0.2, 0) is 4.79 Å². The fraction of sp³-hybridized carbons (Fsp3) is 0.533. The average molecular weight is 244 g/mol. The molecule has 0 aliphatic carbocycles. The first kappa shape index (κ1) is 11.7. The lowest BCUT2D eigenvalue weighted by Gasteiger charge is -2.39. The van der Waals surface area contributed by atoms with Crippen molar-refractivity contribution in [3.63, 3.8) is 0 Å². The summed E-state index contributed by atoms with van der Waals surface area (Å²) in [7, 11) is 0. The largest absolute Gasteiger partial charge is 0.311 e. The zero-order valence-electron chi connectivity index (χ0n) is 10.9. The van der Waals surface area contributed by atoms with E-state index in [0.29, 0.717) is 0 Å². The molecule has 0 aromatic heterocycles. The maximum absolute atomic E-state index is 12.7. The molecule has 18 heavy (non-hydrogen) atoms. The highest BCUT2D eigenvalue weighted by atomic mass is 16.2. The van der Waals surface area contributed by atoms with Crippen LogP contribution in [0.15, 0.2) is 24.3 Å². The minimum Gasteiger partial charge on any atom is -0.311 e. The summed E-state index contributed by atoms with van der Waals surface area (Å²) in [5.41, 5.74) is 2.01. The summed E-state index contributed by atoms with van der Waals surface area (Å²) in [5, 5.41) is 3.44. The predicted octanol–water partition coefficient (Wildman–Crippen LogP) is 2.24. The second-order valence-corrected chi connectivity index (χ2v) is 5.51. The first-order valence-corrected chi connectivity index (χ1v) is 6.85. The van der Waals surface area contributed by atoms with Crippen molar-refractivity contribution in [3.05, 3.63) is 29.8 Å². The topological polar surface area (TPSA) is 32.3 Å². The number of amides is 1. The summed E-state index contributed by atoms with van der Waals surface area (Å²) in [6, 6.07) is 8.26. The van der Waals surface area contributed by atoms with Gasteiger partial charge in [-0.3, -0.25) is 4.79 Å². The van der Waals surface area contributed by atoms with Gasteiger partial charge in [-0.25, -0.2) is 0 Å². The zero-order chi connectivity index (χ0) is 12.6. The summed E-state index contributed by atoms with van der Waals surface area (Å²) in [6.45, 7) is 3.90. The van der Waals surface area contributed by atoms with Gasteiger partial charge in [0.1, 0.15) is 0 Å². The second-order valence-electron chi connectivity index (χ2n) is 5.51. The van der Waals surface area contributed by atoms with Gasteiger partial charge in [-0.05, 0) is 51.3 Å². The molecule has 3 nitrogen and oxygen atoms in total. The van der Waals surface area contributed by atoms with Gasteiger partial charge >= 0.3 is 0 Å². The minimum atomic E-state index is -0.261. The Hall–Kier alpha value is -1.35. The molecule has 1 unspecified atom stereocenters. The summed E-state index contributed by atoms with van der Waals surface area (Å²) in [5.74, 6) is 0.273. The van der Waals surface area contributed by atoms with Crippen LogP contribution in [0.2, 0.25) is 0 Å². The highest BCUT2D eigenvalue weighted by Gasteiger charge is 2.45. The van der Waals surface area contributed by atoms with E-state index in [4.69, 9.17) is 0 Å². The van der Waals surface area contributed by atoms with E-state index >= 15 is 0 Å². The number of hydrogen-bond donors (Lipinski definition) is 1. The number of carbonyl (C=O) groups is 1. The van der Waals surface area contributed by atoms with Crippen molar-refractivity contribution in [2.75, 3.05) is 18.0 Å². The molecular weight excluding hydrogens is 224 g/mol. The van der Waals surface area contributed by atoms with E-state index in [9.17, 15) is 4.79 Å². The third kappa shape index (κ3) is 1.83. The number of aryl methyl sites for hydroxylation is 1. The number of piperidine rings is 1. The monoisotopic (exact) mass is 244 g/mol. The van der Waals surface area contributed by atoms with Gasteiger partial charge in [0.25, 0.3) is 0 Å². The van der Waals surface area contributed by atoms with E-state index in [1.165, 1.54) is 5.56 Å². The standard InChI is InChI=1S/C15H20N2O/c1-12-4-6-13(7-5-12)17-11-3-9-15(14(17)18)8-2-10-16-15/h4-7,16H,2-3,8-11H2,1H3. The quantitative estimate of drug-likeness (QED) is 0.821. The van der Waals surface area contributed by atoms with Gasteiger partial charge in [-0.1, -0.05) is 17.7 Å². The molecule has 1 aromatic rings. The molecule has 1 atom stereocenters. The van der Waals surface area contributed by atoms with Crippen molar-refractivity contribution in [1.29, 1.82) is 0 Å². The van der Waals surface area contributed by atoms with Crippen LogP contribution in [0.25, 0.3) is 0 Å². The first-order chi connectivity index (χ1) is 8.71. The molecule has 2 saturated heterocycles. The van der Waals surface area contributed by atoms with Gasteiger partial charge in [0.15, 0.2) is 0 Å². The molecular formula is C15H20N2O. The summed E-state index contributed by atoms with van der Waals surface area (Å²) in [6.07, 6.45) is 4.20. The Morgan fingerprint density at radius 2 is 1.89 bits per heavy atom. The lowest BCUT2D eigenvalue weighted by Crippen LogP contribution is -2.58. The maximum atomic E-state index is 12.7. The van der Waals surface area contributed by atoms with E-state index < -0.39 is 0 Å². The van der Waals surface area contributed by atoms with Crippen LogP contribution in [-0.4, -0.2) is 24.5 Å². The number of nitrogens with one attached hydrogen (secondary N) is 1. The van der Waals surface area contributed by atoms with Gasteiger partial charge in [0.2, 0.25) is 5.91 Å². The SMILES string of the molecule is Cc1ccc(N2CCCC3(CCCN3)C2=O)cc1. The van der Waals surface area contributed by atoms with E-state index in [-0.39, 0.29) is 11.4 Å². The first-order valence-electron chi connectivity index (χ1n) is 6.85. The molecule has 3 heteroatoms. The van der Waals surface area contributed by atoms with E-state index in [1.807, 2.05) is 4.90 Å². The van der Waals surface area contributed by atoms with Crippen molar-refractivity contribution in [1.82, 2.24) is 5.32 Å². The highest BCUT2D eigenvalue weighted by Crippen LogP contribution is 2.33. The minimum absolute atomic E-state index is 0.261. The molecule has 0 saturated carbocycles. The Bertz CT molecular complexity index is 446. The Kier molecular flexibility index (Phi) is 2.86. The van der Waals surface area contributed by atoms with Crippen molar-refractivity contribution in [2.24, 2.45) is 0 Å². The molecule has 3 rings (SSSR count). The Morgan fingerprint density at radius 3 is 2.56 bits per heavy atom. The fourth-order valence-electron chi connectivity index (χ4n) is 3.18. The normalized spacial score (nSPS) is 28.1. The van der Waals surface area contributed by atoms with Crippen molar-refractivity contribution in [2.45, 2.75) is 38.1 Å². The fourth-order valence-corrected chi connectivity index (χ4v) is 3.18. The van der Waals surface area contributed by atoms with Crippen LogP contribution >= 0.6 is 0 Å². The third-order valence-corrected chi connectivity index (χ3v) is 4.23. The van der Waals surface area contributed by atoms with Crippen LogP contribution in [0, 0.1) is 6.92 Å². The lowest BCUT2D eigenvalue weighted by molar-refractivity contribution is -0.126. The van der Waals surface area contributed by atoms with Crippen LogP contribution in [0.3, 0.4) is 0 Å². The lowest BCUT2D eigenvalue weighted by atomic mass is 9.86. The average Bonchev–Trinajstić information content (AvgIpc) is 2.84. The van der Waals surface area contributed by atoms with Gasteiger partial charge < -0.3 is 10.2 Å². The van der Waals surface area contributed by atoms with Crippen molar-refractivity contribution in [3.8, 4) is 0 Å². The summed E-state index contributed by atoms with van der Waals surface area (Å²) < 4.78 is 0. The van der Waals surface area contributed by atoms with Gasteiger partial charge in [-0.15, -0.1) is 0 Å². The van der Waals surface area contributed by atoms with E-state index in [1.54, 1.807) is 0 Å². The molecule has 1 aromatic carbocycles. The third-order valence-electron chi connectivity index (χ3n) is 4.23. The van der Waals surface area contributed by atoms with Gasteiger partial charge in [-0.2, -0.15) is 0 Å². The molecule has 0 radical (unpaired) electrons. The number of hydrogen-bond acceptors (Lipinski definition) is 2. The molecule has 2 heterocycles. The summed E-state index contributed by atoms with van der Waals surface area (Å²) >= 11 is 0. The molecule has 1 spiro atoms.